The van der Waals surface area contributed by atoms with Crippen LogP contribution in [-0.2, 0) is 0 Å². The number of aryl methyl sites for hydroxylation is 1. The molecule has 0 radical (unpaired) electrons. The lowest BCUT2D eigenvalue weighted by Crippen LogP contribution is -2.17. The predicted octanol–water partition coefficient (Wildman–Crippen LogP) is 3.36. The van der Waals surface area contributed by atoms with Gasteiger partial charge in [0.15, 0.2) is 0 Å². The summed E-state index contributed by atoms with van der Waals surface area (Å²) < 4.78 is 0.933. The maximum absolute atomic E-state index is 4.27. The Bertz CT molecular complexity index is 334. The SMILES string of the molecule is Cc1cc(NC(C)C2CC2)cnc1Br. The zero-order valence-corrected chi connectivity index (χ0v) is 10.1. The number of pyridine rings is 1. The van der Waals surface area contributed by atoms with Gasteiger partial charge in [-0.1, -0.05) is 0 Å². The van der Waals surface area contributed by atoms with Crippen LogP contribution in [0.1, 0.15) is 25.3 Å². The van der Waals surface area contributed by atoms with Crippen LogP contribution in [0.4, 0.5) is 5.69 Å². The summed E-state index contributed by atoms with van der Waals surface area (Å²) in [5.41, 5.74) is 2.31. The van der Waals surface area contributed by atoms with Gasteiger partial charge in [0.05, 0.1) is 11.9 Å². The Morgan fingerprint density at radius 2 is 2.29 bits per heavy atom. The van der Waals surface area contributed by atoms with Crippen LogP contribution in [0.5, 0.6) is 0 Å². The number of anilines is 1. The van der Waals surface area contributed by atoms with Gasteiger partial charge in [0.25, 0.3) is 0 Å². The van der Waals surface area contributed by atoms with E-state index >= 15 is 0 Å². The molecular formula is C11H15BrN2. The summed E-state index contributed by atoms with van der Waals surface area (Å²) in [6.45, 7) is 4.30. The average molecular weight is 255 g/mol. The third-order valence-electron chi connectivity index (χ3n) is 2.74. The zero-order valence-electron chi connectivity index (χ0n) is 8.55. The quantitative estimate of drug-likeness (QED) is 0.837. The van der Waals surface area contributed by atoms with E-state index in [4.69, 9.17) is 0 Å². The number of halogens is 1. The third kappa shape index (κ3) is 2.27. The number of aromatic nitrogens is 1. The molecule has 1 atom stereocenters. The first-order valence-electron chi connectivity index (χ1n) is 5.05. The fourth-order valence-electron chi connectivity index (χ4n) is 1.61. The van der Waals surface area contributed by atoms with Crippen molar-refractivity contribution in [2.45, 2.75) is 32.7 Å². The lowest BCUT2D eigenvalue weighted by molar-refractivity contribution is 0.693. The van der Waals surface area contributed by atoms with Crippen LogP contribution in [0, 0.1) is 12.8 Å². The summed E-state index contributed by atoms with van der Waals surface area (Å²) in [7, 11) is 0. The Balaban J connectivity index is 2.04. The van der Waals surface area contributed by atoms with Gasteiger partial charge in [-0.15, -0.1) is 0 Å². The van der Waals surface area contributed by atoms with Crippen molar-refractivity contribution in [3.63, 3.8) is 0 Å². The topological polar surface area (TPSA) is 24.9 Å². The van der Waals surface area contributed by atoms with Crippen LogP contribution >= 0.6 is 15.9 Å². The Morgan fingerprint density at radius 1 is 1.57 bits per heavy atom. The molecule has 1 heterocycles. The predicted molar refractivity (Wildman–Crippen MR) is 62.5 cm³/mol. The normalized spacial score (nSPS) is 17.9. The van der Waals surface area contributed by atoms with Crippen molar-refractivity contribution in [3.8, 4) is 0 Å². The van der Waals surface area contributed by atoms with Crippen LogP contribution in [0.2, 0.25) is 0 Å². The Morgan fingerprint density at radius 3 is 2.86 bits per heavy atom. The number of nitrogens with zero attached hydrogens (tertiary/aromatic N) is 1. The molecule has 1 aliphatic rings. The van der Waals surface area contributed by atoms with Crippen molar-refractivity contribution in [2.75, 3.05) is 5.32 Å². The fraction of sp³-hybridized carbons (Fsp3) is 0.545. The van der Waals surface area contributed by atoms with Gasteiger partial charge in [-0.25, -0.2) is 4.98 Å². The highest BCUT2D eigenvalue weighted by atomic mass is 79.9. The van der Waals surface area contributed by atoms with Crippen molar-refractivity contribution in [3.05, 3.63) is 22.4 Å². The minimum atomic E-state index is 0.581. The maximum atomic E-state index is 4.27. The zero-order chi connectivity index (χ0) is 10.1. The number of rotatable bonds is 3. The molecule has 3 heteroatoms. The van der Waals surface area contributed by atoms with Gasteiger partial charge in [0, 0.05) is 6.04 Å². The van der Waals surface area contributed by atoms with E-state index in [1.54, 1.807) is 0 Å². The molecule has 1 aromatic rings. The summed E-state index contributed by atoms with van der Waals surface area (Å²) in [5.74, 6) is 0.874. The first kappa shape index (κ1) is 9.97. The molecule has 14 heavy (non-hydrogen) atoms. The lowest BCUT2D eigenvalue weighted by Gasteiger charge is -2.14. The van der Waals surface area contributed by atoms with Gasteiger partial charge in [0.2, 0.25) is 0 Å². The van der Waals surface area contributed by atoms with Crippen molar-refractivity contribution < 1.29 is 0 Å². The van der Waals surface area contributed by atoms with E-state index < -0.39 is 0 Å². The Hall–Kier alpha value is -0.570. The van der Waals surface area contributed by atoms with Gasteiger partial charge < -0.3 is 5.32 Å². The van der Waals surface area contributed by atoms with E-state index in [-0.39, 0.29) is 0 Å². The second kappa shape index (κ2) is 3.89. The smallest absolute Gasteiger partial charge is 0.109 e. The highest BCUT2D eigenvalue weighted by Crippen LogP contribution is 2.34. The van der Waals surface area contributed by atoms with E-state index in [0.29, 0.717) is 6.04 Å². The van der Waals surface area contributed by atoms with Gasteiger partial charge >= 0.3 is 0 Å². The first-order valence-corrected chi connectivity index (χ1v) is 5.85. The van der Waals surface area contributed by atoms with Crippen LogP contribution in [-0.4, -0.2) is 11.0 Å². The van der Waals surface area contributed by atoms with Crippen molar-refractivity contribution >= 4 is 21.6 Å². The van der Waals surface area contributed by atoms with Gasteiger partial charge in [-0.05, 0) is 60.2 Å². The largest absolute Gasteiger partial charge is 0.381 e. The standard InChI is InChI=1S/C11H15BrN2/c1-7-5-10(6-13-11(7)12)14-8(2)9-3-4-9/h5-6,8-9,14H,3-4H2,1-2H3. The van der Waals surface area contributed by atoms with E-state index in [1.165, 1.54) is 18.4 Å². The minimum Gasteiger partial charge on any atom is -0.381 e. The molecule has 1 aromatic heterocycles. The monoisotopic (exact) mass is 254 g/mol. The van der Waals surface area contributed by atoms with Crippen LogP contribution in [0.3, 0.4) is 0 Å². The van der Waals surface area contributed by atoms with Gasteiger partial charge in [-0.2, -0.15) is 0 Å². The van der Waals surface area contributed by atoms with Gasteiger partial charge in [0.1, 0.15) is 4.60 Å². The van der Waals surface area contributed by atoms with Crippen molar-refractivity contribution in [2.24, 2.45) is 5.92 Å². The summed E-state index contributed by atoms with van der Waals surface area (Å²) in [6, 6.07) is 2.72. The first-order chi connectivity index (χ1) is 6.66. The molecular weight excluding hydrogens is 240 g/mol. The molecule has 1 saturated carbocycles. The molecule has 76 valence electrons. The van der Waals surface area contributed by atoms with Crippen LogP contribution in [0.25, 0.3) is 0 Å². The van der Waals surface area contributed by atoms with E-state index in [0.717, 1.165) is 16.2 Å². The molecule has 1 aliphatic carbocycles. The molecule has 0 bridgehead atoms. The molecule has 0 spiro atoms. The highest BCUT2D eigenvalue weighted by molar-refractivity contribution is 9.10. The van der Waals surface area contributed by atoms with Crippen LogP contribution in [0.15, 0.2) is 16.9 Å². The molecule has 0 aliphatic heterocycles. The molecule has 2 nitrogen and oxygen atoms in total. The highest BCUT2D eigenvalue weighted by Gasteiger charge is 2.27. The molecule has 1 fully saturated rings. The second-order valence-corrected chi connectivity index (χ2v) is 4.85. The second-order valence-electron chi connectivity index (χ2n) is 4.10. The third-order valence-corrected chi connectivity index (χ3v) is 3.57. The minimum absolute atomic E-state index is 0.581. The van der Waals surface area contributed by atoms with E-state index in [1.807, 2.05) is 6.20 Å². The molecule has 2 rings (SSSR count). The number of hydrogen-bond donors (Lipinski definition) is 1. The van der Waals surface area contributed by atoms with Crippen molar-refractivity contribution in [1.29, 1.82) is 0 Å². The summed E-state index contributed by atoms with van der Waals surface area (Å²) in [4.78, 5) is 4.27. The average Bonchev–Trinajstić information content (AvgIpc) is 2.94. The molecule has 1 unspecified atom stereocenters. The summed E-state index contributed by atoms with van der Waals surface area (Å²) in [6.07, 6.45) is 4.63. The maximum Gasteiger partial charge on any atom is 0.109 e. The van der Waals surface area contributed by atoms with Gasteiger partial charge in [-0.3, -0.25) is 0 Å². The fourth-order valence-corrected chi connectivity index (χ4v) is 1.83. The number of hydrogen-bond acceptors (Lipinski definition) is 2. The molecule has 1 N–H and O–H groups in total. The van der Waals surface area contributed by atoms with E-state index in [9.17, 15) is 0 Å². The molecule has 0 amide bonds. The number of nitrogens with one attached hydrogen (secondary N) is 1. The molecule has 0 aromatic carbocycles. The summed E-state index contributed by atoms with van der Waals surface area (Å²) >= 11 is 3.40. The van der Waals surface area contributed by atoms with Crippen molar-refractivity contribution in [1.82, 2.24) is 4.98 Å². The van der Waals surface area contributed by atoms with E-state index in [2.05, 4.69) is 46.1 Å². The Kier molecular flexibility index (Phi) is 2.77. The Labute approximate surface area is 93.3 Å². The molecule has 0 saturated heterocycles. The lowest BCUT2D eigenvalue weighted by atomic mass is 10.2. The van der Waals surface area contributed by atoms with Crippen LogP contribution < -0.4 is 5.32 Å². The summed E-state index contributed by atoms with van der Waals surface area (Å²) in [5, 5.41) is 3.49.